The molecule has 3 unspecified atom stereocenters. The predicted octanol–water partition coefficient (Wildman–Crippen LogP) is 4.57. The van der Waals surface area contributed by atoms with Crippen molar-refractivity contribution < 1.29 is 57.5 Å². The summed E-state index contributed by atoms with van der Waals surface area (Å²) in [6.45, 7) is 15.0. The van der Waals surface area contributed by atoms with Gasteiger partial charge in [0, 0.05) is 29.7 Å². The third-order valence-corrected chi connectivity index (χ3v) is 13.2. The number of benzene rings is 1. The van der Waals surface area contributed by atoms with E-state index in [1.165, 1.54) is 4.90 Å². The number of amides is 1. The van der Waals surface area contributed by atoms with E-state index >= 15 is 0 Å². The van der Waals surface area contributed by atoms with E-state index in [1.54, 1.807) is 20.8 Å². The summed E-state index contributed by atoms with van der Waals surface area (Å²) in [5.41, 5.74) is -1.20. The molecule has 58 heavy (non-hydrogen) atoms. The van der Waals surface area contributed by atoms with Gasteiger partial charge in [-0.1, -0.05) is 63.2 Å². The van der Waals surface area contributed by atoms with Crippen LogP contribution in [0.2, 0.25) is 0 Å². The molecule has 1 aromatic carbocycles. The maximum Gasteiger partial charge on any atom is 0.411 e. The van der Waals surface area contributed by atoms with E-state index in [2.05, 4.69) is 5.16 Å². The minimum Gasteiger partial charge on any atom is -0.458 e. The van der Waals surface area contributed by atoms with Crippen molar-refractivity contribution in [2.75, 3.05) is 40.6 Å². The second kappa shape index (κ2) is 18.2. The maximum absolute atomic E-state index is 14.8. The second-order valence-electron chi connectivity index (χ2n) is 17.8. The normalized spacial score (nSPS) is 42.0. The molecular formula is C43H65N3O12. The first-order chi connectivity index (χ1) is 27.5. The first-order valence-electron chi connectivity index (χ1n) is 20.9. The lowest BCUT2D eigenvalue weighted by molar-refractivity contribution is -0.302. The molecule has 1 N–H and O–H groups in total. The van der Waals surface area contributed by atoms with E-state index in [0.717, 1.165) is 5.56 Å². The van der Waals surface area contributed by atoms with E-state index in [0.29, 0.717) is 25.2 Å². The van der Waals surface area contributed by atoms with Crippen molar-refractivity contribution >= 4 is 23.6 Å². The van der Waals surface area contributed by atoms with E-state index in [9.17, 15) is 19.5 Å². The highest BCUT2D eigenvalue weighted by atomic mass is 16.7. The standard InChI is InChI=1S/C43H65N3O12/c1-11-33-43(8)37-26(4)34(47)24(2)18-42(7)38(57-40-35(48)32(45(9)10)17-25(3)55-40)27(5)36(28(6)39(49)56-33)52-21-30(22-53-42)31(19-46(37)41(50)58-43)44-54-23-51-20-29-15-13-12-14-16-29/h12-16,24-28,30,32-33,35-38,40,48H,11,17-23H2,1-10H3/b44-31-/t24-,25-,26+,27+,28-,30?,32+,33-,35-,36+,37+,38-,40+,42?,43?/m1/s1. The molecule has 0 aromatic heterocycles. The summed E-state index contributed by atoms with van der Waals surface area (Å²) in [5.74, 6) is -3.99. The lowest BCUT2D eigenvalue weighted by atomic mass is 9.73. The molecule has 6 rings (SSSR count). The zero-order chi connectivity index (χ0) is 42.1. The van der Waals surface area contributed by atoms with Crippen LogP contribution in [0.1, 0.15) is 80.2 Å². The monoisotopic (exact) mass is 815 g/mol. The van der Waals surface area contributed by atoms with Gasteiger partial charge < -0.3 is 48.0 Å². The van der Waals surface area contributed by atoms with Crippen LogP contribution < -0.4 is 0 Å². The molecule has 15 heteroatoms. The molecular weight excluding hydrogens is 750 g/mol. The molecule has 5 fully saturated rings. The third kappa shape index (κ3) is 8.96. The van der Waals surface area contributed by atoms with Crippen molar-refractivity contribution in [3.05, 3.63) is 35.9 Å². The fourth-order valence-corrected chi connectivity index (χ4v) is 10.1. The first-order valence-corrected chi connectivity index (χ1v) is 20.9. The number of hydrogen-bond donors (Lipinski definition) is 1. The van der Waals surface area contributed by atoms with Gasteiger partial charge in [-0.2, -0.15) is 0 Å². The molecule has 6 bridgehead atoms. The van der Waals surface area contributed by atoms with Gasteiger partial charge in [0.25, 0.3) is 0 Å². The van der Waals surface area contributed by atoms with Gasteiger partial charge in [-0.15, -0.1) is 0 Å². The van der Waals surface area contributed by atoms with Crippen molar-refractivity contribution in [1.82, 2.24) is 9.80 Å². The van der Waals surface area contributed by atoms with Crippen LogP contribution >= 0.6 is 0 Å². The number of likely N-dealkylation sites (N-methyl/N-ethyl adjacent to an activating group) is 1. The van der Waals surface area contributed by atoms with Gasteiger partial charge in [0.15, 0.2) is 11.9 Å². The Bertz CT molecular complexity index is 1630. The molecule has 0 radical (unpaired) electrons. The van der Waals surface area contributed by atoms with Crippen molar-refractivity contribution in [2.24, 2.45) is 34.7 Å². The Hall–Kier alpha value is -3.18. The highest BCUT2D eigenvalue weighted by Crippen LogP contribution is 2.45. The van der Waals surface area contributed by atoms with Crippen LogP contribution in [-0.2, 0) is 54.2 Å². The van der Waals surface area contributed by atoms with Crippen LogP contribution in [0.15, 0.2) is 35.5 Å². The highest BCUT2D eigenvalue weighted by Gasteiger charge is 2.61. The number of oxime groups is 1. The quantitative estimate of drug-likeness (QED) is 0.160. The molecule has 0 saturated carbocycles. The van der Waals surface area contributed by atoms with Gasteiger partial charge in [0.2, 0.25) is 6.79 Å². The van der Waals surface area contributed by atoms with E-state index in [1.807, 2.05) is 83.9 Å². The van der Waals surface area contributed by atoms with Gasteiger partial charge >= 0.3 is 12.1 Å². The van der Waals surface area contributed by atoms with Crippen LogP contribution in [-0.4, -0.2) is 139 Å². The summed E-state index contributed by atoms with van der Waals surface area (Å²) in [5, 5.41) is 16.3. The van der Waals surface area contributed by atoms with Crippen LogP contribution in [0, 0.1) is 29.6 Å². The topological polar surface area (TPSA) is 164 Å². The predicted molar refractivity (Wildman–Crippen MR) is 211 cm³/mol. The van der Waals surface area contributed by atoms with Crippen LogP contribution in [0.5, 0.6) is 0 Å². The van der Waals surface area contributed by atoms with Crippen molar-refractivity contribution in [1.29, 1.82) is 0 Å². The van der Waals surface area contributed by atoms with Gasteiger partial charge in [0.05, 0.1) is 67.9 Å². The summed E-state index contributed by atoms with van der Waals surface area (Å²) in [6, 6.07) is 8.60. The molecule has 0 aliphatic carbocycles. The van der Waals surface area contributed by atoms with Gasteiger partial charge in [-0.05, 0) is 66.6 Å². The summed E-state index contributed by atoms with van der Waals surface area (Å²) in [4.78, 5) is 52.6. The SMILES string of the molecule is CC[C@H]1OC(=O)[C@H](C)[C@H]2OCC3COC(C)(C[C@@H](C)C(=O)[C@H](C)[C@@H]4N(C/C3=N/OCOCc3ccccc3)C(=O)OC41C)[C@H](O[C@@H]1O[C@H](C)C[C@H](N(C)C)[C@H]1O)[C@H]2C. The number of aliphatic hydroxyl groups excluding tert-OH is 1. The average Bonchev–Trinajstić information content (AvgIpc) is 3.46. The summed E-state index contributed by atoms with van der Waals surface area (Å²) in [6.07, 6.45) is -4.34. The highest BCUT2D eigenvalue weighted by molar-refractivity contribution is 5.92. The second-order valence-corrected chi connectivity index (χ2v) is 17.8. The molecule has 5 aliphatic rings. The fourth-order valence-electron chi connectivity index (χ4n) is 10.1. The molecule has 0 spiro atoms. The molecule has 324 valence electrons. The number of ether oxygens (including phenoxy) is 7. The van der Waals surface area contributed by atoms with Crippen molar-refractivity contribution in [2.45, 2.75) is 141 Å². The zero-order valence-electron chi connectivity index (χ0n) is 35.8. The fraction of sp³-hybridized carbons (Fsp3) is 0.767. The first kappa shape index (κ1) is 44.4. The van der Waals surface area contributed by atoms with Crippen LogP contribution in [0.4, 0.5) is 4.79 Å². The zero-order valence-corrected chi connectivity index (χ0v) is 35.8. The number of carbonyl (C=O) groups is 3. The molecule has 5 heterocycles. The van der Waals surface area contributed by atoms with Crippen molar-refractivity contribution in [3.8, 4) is 0 Å². The number of hydrogen-bond acceptors (Lipinski definition) is 14. The Morgan fingerprint density at radius 1 is 1.02 bits per heavy atom. The van der Waals surface area contributed by atoms with Crippen molar-refractivity contribution in [3.63, 3.8) is 0 Å². The summed E-state index contributed by atoms with van der Waals surface area (Å²) >= 11 is 0. The lowest BCUT2D eigenvalue weighted by Crippen LogP contribution is -2.61. The number of carbonyl (C=O) groups excluding carboxylic acids is 3. The van der Waals surface area contributed by atoms with Crippen LogP contribution in [0.25, 0.3) is 0 Å². The summed E-state index contributed by atoms with van der Waals surface area (Å²) < 4.78 is 45.4. The molecule has 15 nitrogen and oxygen atoms in total. The average molecular weight is 816 g/mol. The van der Waals surface area contributed by atoms with E-state index in [-0.39, 0.29) is 50.9 Å². The van der Waals surface area contributed by atoms with Gasteiger partial charge in [-0.25, -0.2) is 4.79 Å². The van der Waals surface area contributed by atoms with E-state index < -0.39 is 89.6 Å². The number of ketones is 1. The third-order valence-electron chi connectivity index (χ3n) is 13.2. The molecule has 1 amide bonds. The van der Waals surface area contributed by atoms with Gasteiger partial charge in [-0.3, -0.25) is 14.5 Å². The molecule has 5 aliphatic heterocycles. The Kier molecular flexibility index (Phi) is 13.9. The smallest absolute Gasteiger partial charge is 0.411 e. The number of rotatable bonds is 9. The van der Waals surface area contributed by atoms with E-state index in [4.69, 9.17) is 38.0 Å². The number of aliphatic hydroxyl groups is 1. The maximum atomic E-state index is 14.8. The Morgan fingerprint density at radius 3 is 2.43 bits per heavy atom. The van der Waals surface area contributed by atoms with Gasteiger partial charge in [0.1, 0.15) is 18.0 Å². The minimum absolute atomic E-state index is 0.0331. The Labute approximate surface area is 342 Å². The number of Topliss-reactive ketones (excluding diaryl/α,β-unsaturated/α-hetero) is 1. The molecule has 15 atom stereocenters. The number of esters is 1. The number of fused-ring (bicyclic) bond motifs is 5. The molecule has 1 aromatic rings. The van der Waals surface area contributed by atoms with Crippen LogP contribution in [0.3, 0.4) is 0 Å². The summed E-state index contributed by atoms with van der Waals surface area (Å²) in [7, 11) is 3.82. The number of cyclic esters (lactones) is 1. The minimum atomic E-state index is -1.39. The Balaban J connectivity index is 1.47. The molecule has 5 saturated heterocycles. The largest absolute Gasteiger partial charge is 0.458 e. The number of nitrogens with zero attached hydrogens (tertiary/aromatic N) is 3. The lowest BCUT2D eigenvalue weighted by Gasteiger charge is -2.48. The Morgan fingerprint density at radius 2 is 1.74 bits per heavy atom.